The topological polar surface area (TPSA) is 96.5 Å². The van der Waals surface area contributed by atoms with Gasteiger partial charge in [0, 0.05) is 38.2 Å². The summed E-state index contributed by atoms with van der Waals surface area (Å²) in [4.78, 5) is 18.0. The standard InChI is InChI=1S/C31H32N6O3S2/c38-30-28(42-31(41)37(30)12-4-3-7-29-32-34-35-33-29)20-22-8-11-27(40-18-15-36-13-16-39-17-14-36)26(19-22)25-10-9-23-5-1-2-6-24(23)21-25/h1-2,5-6,8-11,19-21H,3-4,7,12-18H2,(H,32,33,34,35)/b28-20-. The van der Waals surface area contributed by atoms with Gasteiger partial charge in [-0.1, -0.05) is 71.7 Å². The Balaban J connectivity index is 1.19. The molecule has 0 radical (unpaired) electrons. The van der Waals surface area contributed by atoms with Gasteiger partial charge in [-0.15, -0.1) is 10.2 Å². The predicted octanol–water partition coefficient (Wildman–Crippen LogP) is 4.96. The van der Waals surface area contributed by atoms with E-state index in [0.717, 1.165) is 68.1 Å². The summed E-state index contributed by atoms with van der Waals surface area (Å²) in [5.41, 5.74) is 2.99. The molecule has 0 unspecified atom stereocenters. The number of nitrogens with one attached hydrogen (secondary N) is 1. The van der Waals surface area contributed by atoms with Crippen LogP contribution in [0.2, 0.25) is 0 Å². The number of ether oxygens (including phenoxy) is 2. The van der Waals surface area contributed by atoms with Crippen LogP contribution < -0.4 is 4.74 Å². The molecule has 2 aliphatic heterocycles. The monoisotopic (exact) mass is 600 g/mol. The van der Waals surface area contributed by atoms with Gasteiger partial charge in [-0.25, -0.2) is 0 Å². The van der Waals surface area contributed by atoms with Crippen LogP contribution >= 0.6 is 24.0 Å². The second-order valence-electron chi connectivity index (χ2n) is 10.2. The fourth-order valence-corrected chi connectivity index (χ4v) is 6.45. The lowest BCUT2D eigenvalue weighted by atomic mass is 9.98. The Hall–Kier alpha value is -3.64. The number of benzene rings is 3. The number of aromatic nitrogens is 4. The Bertz CT molecular complexity index is 1590. The molecule has 4 aromatic rings. The number of aromatic amines is 1. The molecular weight excluding hydrogens is 569 g/mol. The van der Waals surface area contributed by atoms with E-state index < -0.39 is 0 Å². The lowest BCUT2D eigenvalue weighted by molar-refractivity contribution is -0.122. The molecule has 0 aliphatic carbocycles. The van der Waals surface area contributed by atoms with Gasteiger partial charge in [0.05, 0.1) is 18.1 Å². The van der Waals surface area contributed by atoms with E-state index in [2.05, 4.69) is 68.0 Å². The summed E-state index contributed by atoms with van der Waals surface area (Å²) in [6, 6.07) is 20.9. The van der Waals surface area contributed by atoms with Crippen molar-refractivity contribution in [3.63, 3.8) is 0 Å². The summed E-state index contributed by atoms with van der Waals surface area (Å²) in [5.74, 6) is 1.45. The van der Waals surface area contributed by atoms with Crippen LogP contribution in [-0.2, 0) is 16.0 Å². The first-order valence-electron chi connectivity index (χ1n) is 14.2. The van der Waals surface area contributed by atoms with E-state index in [9.17, 15) is 4.79 Å². The number of tetrazole rings is 1. The van der Waals surface area contributed by atoms with Crippen molar-refractivity contribution in [1.29, 1.82) is 0 Å². The second kappa shape index (κ2) is 13.6. The van der Waals surface area contributed by atoms with E-state index in [4.69, 9.17) is 21.7 Å². The van der Waals surface area contributed by atoms with Crippen LogP contribution in [0, 0.1) is 0 Å². The van der Waals surface area contributed by atoms with Crippen molar-refractivity contribution in [3.05, 3.63) is 77.0 Å². The minimum Gasteiger partial charge on any atom is -0.492 e. The molecule has 0 atom stereocenters. The molecular formula is C31H32N6O3S2. The zero-order valence-electron chi connectivity index (χ0n) is 23.2. The highest BCUT2D eigenvalue weighted by Gasteiger charge is 2.31. The number of carbonyl (C=O) groups is 1. The van der Waals surface area contributed by atoms with Gasteiger partial charge in [0.2, 0.25) is 0 Å². The van der Waals surface area contributed by atoms with Crippen LogP contribution in [-0.4, -0.2) is 86.7 Å². The van der Waals surface area contributed by atoms with E-state index >= 15 is 0 Å². The van der Waals surface area contributed by atoms with Crippen molar-refractivity contribution in [1.82, 2.24) is 30.4 Å². The maximum atomic E-state index is 13.3. The first-order valence-corrected chi connectivity index (χ1v) is 15.4. The lowest BCUT2D eigenvalue weighted by Crippen LogP contribution is -2.38. The van der Waals surface area contributed by atoms with Crippen molar-refractivity contribution in [2.24, 2.45) is 0 Å². The molecule has 1 aromatic heterocycles. The number of morpholine rings is 1. The largest absolute Gasteiger partial charge is 0.492 e. The smallest absolute Gasteiger partial charge is 0.266 e. The molecule has 2 fully saturated rings. The van der Waals surface area contributed by atoms with Gasteiger partial charge in [0.1, 0.15) is 16.7 Å². The molecule has 2 saturated heterocycles. The van der Waals surface area contributed by atoms with Gasteiger partial charge in [-0.3, -0.25) is 14.6 Å². The third-order valence-electron chi connectivity index (χ3n) is 7.43. The lowest BCUT2D eigenvalue weighted by Gasteiger charge is -2.26. The quantitative estimate of drug-likeness (QED) is 0.146. The molecule has 11 heteroatoms. The number of hydrogen-bond acceptors (Lipinski definition) is 9. The van der Waals surface area contributed by atoms with Crippen molar-refractivity contribution >= 4 is 51.1 Å². The number of rotatable bonds is 11. The van der Waals surface area contributed by atoms with Gasteiger partial charge in [0.25, 0.3) is 5.91 Å². The number of amides is 1. The number of H-pyrrole nitrogens is 1. The van der Waals surface area contributed by atoms with Crippen molar-refractivity contribution in [2.45, 2.75) is 19.3 Å². The molecule has 9 nitrogen and oxygen atoms in total. The molecule has 3 heterocycles. The third kappa shape index (κ3) is 6.87. The molecule has 6 rings (SSSR count). The Labute approximate surface area is 254 Å². The predicted molar refractivity (Wildman–Crippen MR) is 169 cm³/mol. The first-order chi connectivity index (χ1) is 20.6. The fraction of sp³-hybridized carbons (Fsp3) is 0.323. The molecule has 216 valence electrons. The molecule has 2 aliphatic rings. The van der Waals surface area contributed by atoms with Gasteiger partial charge in [-0.2, -0.15) is 5.21 Å². The normalized spacial score (nSPS) is 17.0. The summed E-state index contributed by atoms with van der Waals surface area (Å²) in [7, 11) is 0. The zero-order chi connectivity index (χ0) is 28.7. The second-order valence-corrected chi connectivity index (χ2v) is 11.9. The first kappa shape index (κ1) is 28.5. The highest BCUT2D eigenvalue weighted by molar-refractivity contribution is 8.26. The molecule has 0 bridgehead atoms. The Kier molecular flexibility index (Phi) is 9.19. The number of nitrogens with zero attached hydrogens (tertiary/aromatic N) is 5. The molecule has 0 saturated carbocycles. The summed E-state index contributed by atoms with van der Waals surface area (Å²) in [5, 5.41) is 16.4. The fourth-order valence-electron chi connectivity index (χ4n) is 5.14. The highest BCUT2D eigenvalue weighted by atomic mass is 32.2. The number of thiocarbonyl (C=S) groups is 1. The van der Waals surface area contributed by atoms with E-state index in [-0.39, 0.29) is 5.91 Å². The van der Waals surface area contributed by atoms with E-state index in [1.165, 1.54) is 22.5 Å². The van der Waals surface area contributed by atoms with Crippen molar-refractivity contribution < 1.29 is 14.3 Å². The third-order valence-corrected chi connectivity index (χ3v) is 8.80. The van der Waals surface area contributed by atoms with Gasteiger partial charge >= 0.3 is 0 Å². The SMILES string of the molecule is O=C1/C(=C/c2ccc(OCCN3CCOCC3)c(-c3ccc4ccccc4c3)c2)SC(=S)N1CCCCc1nn[nH]n1. The van der Waals surface area contributed by atoms with Crippen LogP contribution in [0.4, 0.5) is 0 Å². The number of fused-ring (bicyclic) bond motifs is 1. The van der Waals surface area contributed by atoms with Crippen LogP contribution in [0.5, 0.6) is 5.75 Å². The Morgan fingerprint density at radius 1 is 1.02 bits per heavy atom. The molecule has 1 amide bonds. The minimum atomic E-state index is -0.0531. The van der Waals surface area contributed by atoms with Crippen LogP contribution in [0.1, 0.15) is 24.2 Å². The molecule has 0 spiro atoms. The number of carbonyl (C=O) groups excluding carboxylic acids is 1. The van der Waals surface area contributed by atoms with E-state index in [1.807, 2.05) is 24.3 Å². The average Bonchev–Trinajstić information content (AvgIpc) is 3.63. The van der Waals surface area contributed by atoms with Crippen LogP contribution in [0.25, 0.3) is 28.0 Å². The maximum Gasteiger partial charge on any atom is 0.266 e. The van der Waals surface area contributed by atoms with Gasteiger partial charge in [-0.05, 0) is 59.0 Å². The molecule has 42 heavy (non-hydrogen) atoms. The molecule has 1 N–H and O–H groups in total. The minimum absolute atomic E-state index is 0.0531. The number of thioether (sulfide) groups is 1. The highest BCUT2D eigenvalue weighted by Crippen LogP contribution is 2.36. The number of unbranched alkanes of at least 4 members (excludes halogenated alkanes) is 1. The summed E-state index contributed by atoms with van der Waals surface area (Å²) in [6.45, 7) is 5.39. The number of hydrogen-bond donors (Lipinski definition) is 1. The summed E-state index contributed by atoms with van der Waals surface area (Å²) in [6.07, 6.45) is 4.29. The summed E-state index contributed by atoms with van der Waals surface area (Å²) >= 11 is 6.92. The van der Waals surface area contributed by atoms with E-state index in [1.54, 1.807) is 4.90 Å². The Morgan fingerprint density at radius 3 is 2.71 bits per heavy atom. The van der Waals surface area contributed by atoms with Crippen molar-refractivity contribution in [3.8, 4) is 16.9 Å². The average molecular weight is 601 g/mol. The Morgan fingerprint density at radius 2 is 1.88 bits per heavy atom. The van der Waals surface area contributed by atoms with Crippen LogP contribution in [0.3, 0.4) is 0 Å². The van der Waals surface area contributed by atoms with E-state index in [0.29, 0.717) is 34.6 Å². The number of aryl methyl sites for hydroxylation is 1. The van der Waals surface area contributed by atoms with Crippen molar-refractivity contribution in [2.75, 3.05) is 46.0 Å². The zero-order valence-corrected chi connectivity index (χ0v) is 24.8. The van der Waals surface area contributed by atoms with Gasteiger partial charge in [0.15, 0.2) is 5.82 Å². The molecule has 3 aromatic carbocycles. The summed E-state index contributed by atoms with van der Waals surface area (Å²) < 4.78 is 12.4. The van der Waals surface area contributed by atoms with Crippen LogP contribution in [0.15, 0.2) is 65.6 Å². The maximum absolute atomic E-state index is 13.3. The van der Waals surface area contributed by atoms with Gasteiger partial charge < -0.3 is 9.47 Å².